The Kier molecular flexibility index (Phi) is 6.07. The summed E-state index contributed by atoms with van der Waals surface area (Å²) < 4.78 is 0. The van der Waals surface area contributed by atoms with E-state index in [9.17, 15) is 4.79 Å². The van der Waals surface area contributed by atoms with Gasteiger partial charge in [-0.25, -0.2) is 0 Å². The average Bonchev–Trinajstić information content (AvgIpc) is 2.67. The van der Waals surface area contributed by atoms with E-state index in [1.54, 1.807) is 23.9 Å². The van der Waals surface area contributed by atoms with Crippen LogP contribution in [0.5, 0.6) is 0 Å². The monoisotopic (exact) mass is 345 g/mol. The first kappa shape index (κ1) is 17.1. The number of benzene rings is 3. The number of anilines is 1. The summed E-state index contributed by atoms with van der Waals surface area (Å²) in [6, 6.07) is 28.1. The van der Waals surface area contributed by atoms with Crippen molar-refractivity contribution in [2.75, 3.05) is 5.32 Å². The van der Waals surface area contributed by atoms with Crippen LogP contribution in [-0.2, 0) is 10.5 Å². The molecule has 0 fully saturated rings. The Morgan fingerprint density at radius 2 is 1.48 bits per heavy atom. The number of carbonyl (C=O) groups is 1. The van der Waals surface area contributed by atoms with E-state index in [1.165, 1.54) is 10.5 Å². The fraction of sp³-hybridized carbons (Fsp3) is 0.0455. The van der Waals surface area contributed by atoms with E-state index in [1.807, 2.05) is 60.7 Å². The molecule has 0 heterocycles. The molecule has 0 saturated carbocycles. The van der Waals surface area contributed by atoms with Crippen molar-refractivity contribution in [1.82, 2.24) is 0 Å². The van der Waals surface area contributed by atoms with Gasteiger partial charge in [-0.15, -0.1) is 11.8 Å². The molecule has 0 atom stereocenters. The molecule has 3 aromatic rings. The number of amides is 1. The summed E-state index contributed by atoms with van der Waals surface area (Å²) in [5.74, 6) is 0.806. The normalized spacial score (nSPS) is 10.7. The first-order valence-electron chi connectivity index (χ1n) is 8.10. The van der Waals surface area contributed by atoms with Gasteiger partial charge in [0.1, 0.15) is 0 Å². The van der Waals surface area contributed by atoms with Gasteiger partial charge >= 0.3 is 0 Å². The van der Waals surface area contributed by atoms with Crippen LogP contribution in [-0.4, -0.2) is 5.91 Å². The minimum Gasteiger partial charge on any atom is -0.323 e. The van der Waals surface area contributed by atoms with Crippen LogP contribution in [0.15, 0.2) is 95.9 Å². The second-order valence-corrected chi connectivity index (χ2v) is 6.58. The number of rotatable bonds is 6. The van der Waals surface area contributed by atoms with Gasteiger partial charge in [0.15, 0.2) is 0 Å². The molecule has 3 rings (SSSR count). The summed E-state index contributed by atoms with van der Waals surface area (Å²) in [4.78, 5) is 13.2. The largest absolute Gasteiger partial charge is 0.323 e. The van der Waals surface area contributed by atoms with Crippen LogP contribution in [0.25, 0.3) is 6.08 Å². The standard InChI is InChI=1S/C22H19NOS/c24-22(16-11-18-7-3-1-4-8-18)23-20-12-14-21(15-13-20)25-17-19-9-5-2-6-10-19/h1-16H,17H2,(H,23,24)/b16-11+. The van der Waals surface area contributed by atoms with E-state index in [4.69, 9.17) is 0 Å². The highest BCUT2D eigenvalue weighted by Crippen LogP contribution is 2.24. The summed E-state index contributed by atoms with van der Waals surface area (Å²) in [5, 5.41) is 2.88. The molecule has 0 aromatic heterocycles. The van der Waals surface area contributed by atoms with Crippen LogP contribution in [0.2, 0.25) is 0 Å². The maximum atomic E-state index is 12.0. The average molecular weight is 345 g/mol. The van der Waals surface area contributed by atoms with Gasteiger partial charge in [0.2, 0.25) is 5.91 Å². The van der Waals surface area contributed by atoms with Crippen molar-refractivity contribution < 1.29 is 4.79 Å². The highest BCUT2D eigenvalue weighted by molar-refractivity contribution is 7.98. The van der Waals surface area contributed by atoms with Crippen LogP contribution in [0, 0.1) is 0 Å². The fourth-order valence-electron chi connectivity index (χ4n) is 2.30. The fourth-order valence-corrected chi connectivity index (χ4v) is 3.15. The molecule has 124 valence electrons. The minimum atomic E-state index is -0.131. The third kappa shape index (κ3) is 5.66. The zero-order chi connectivity index (χ0) is 17.3. The molecule has 0 aliphatic rings. The number of nitrogens with one attached hydrogen (secondary N) is 1. The van der Waals surface area contributed by atoms with Crippen LogP contribution >= 0.6 is 11.8 Å². The Hall–Kier alpha value is -2.78. The molecule has 0 spiro atoms. The highest BCUT2D eigenvalue weighted by Gasteiger charge is 2.00. The highest BCUT2D eigenvalue weighted by atomic mass is 32.2. The smallest absolute Gasteiger partial charge is 0.248 e. The van der Waals surface area contributed by atoms with Crippen molar-refractivity contribution in [2.45, 2.75) is 10.6 Å². The molecule has 0 saturated heterocycles. The van der Waals surface area contributed by atoms with Gasteiger partial charge in [-0.2, -0.15) is 0 Å². The van der Waals surface area contributed by atoms with Crippen LogP contribution in [0.3, 0.4) is 0 Å². The van der Waals surface area contributed by atoms with E-state index >= 15 is 0 Å². The number of carbonyl (C=O) groups excluding carboxylic acids is 1. The predicted octanol–water partition coefficient (Wildman–Crippen LogP) is 5.63. The van der Waals surface area contributed by atoms with Crippen molar-refractivity contribution in [3.8, 4) is 0 Å². The molecule has 0 aliphatic heterocycles. The van der Waals surface area contributed by atoms with Crippen molar-refractivity contribution in [3.05, 3.63) is 102 Å². The van der Waals surface area contributed by atoms with Gasteiger partial charge in [-0.05, 0) is 41.5 Å². The molecule has 0 bridgehead atoms. The lowest BCUT2D eigenvalue weighted by Gasteiger charge is -2.05. The van der Waals surface area contributed by atoms with Gasteiger partial charge in [-0.1, -0.05) is 60.7 Å². The Balaban J connectivity index is 1.52. The molecule has 1 amide bonds. The Labute approximate surface area is 152 Å². The van der Waals surface area contributed by atoms with Crippen molar-refractivity contribution >= 4 is 29.4 Å². The summed E-state index contributed by atoms with van der Waals surface area (Å²) in [6.45, 7) is 0. The molecular weight excluding hydrogens is 326 g/mol. The van der Waals surface area contributed by atoms with Gasteiger partial charge in [0.25, 0.3) is 0 Å². The van der Waals surface area contributed by atoms with Gasteiger partial charge in [0.05, 0.1) is 0 Å². The second-order valence-electron chi connectivity index (χ2n) is 5.53. The van der Waals surface area contributed by atoms with Crippen molar-refractivity contribution in [1.29, 1.82) is 0 Å². The molecule has 0 aliphatic carbocycles. The summed E-state index contributed by atoms with van der Waals surface area (Å²) in [7, 11) is 0. The van der Waals surface area contributed by atoms with E-state index in [-0.39, 0.29) is 5.91 Å². The van der Waals surface area contributed by atoms with Crippen molar-refractivity contribution in [3.63, 3.8) is 0 Å². The first-order valence-corrected chi connectivity index (χ1v) is 9.09. The molecule has 3 aromatic carbocycles. The molecular formula is C22H19NOS. The summed E-state index contributed by atoms with van der Waals surface area (Å²) in [5.41, 5.74) is 3.10. The third-order valence-corrected chi connectivity index (χ3v) is 4.68. The summed E-state index contributed by atoms with van der Waals surface area (Å²) in [6.07, 6.45) is 3.35. The Morgan fingerprint density at radius 3 is 2.16 bits per heavy atom. The van der Waals surface area contributed by atoms with Gasteiger partial charge in [0, 0.05) is 22.4 Å². The predicted molar refractivity (Wildman–Crippen MR) is 107 cm³/mol. The molecule has 0 radical (unpaired) electrons. The molecule has 0 unspecified atom stereocenters. The first-order chi connectivity index (χ1) is 12.3. The molecule has 1 N–H and O–H groups in total. The zero-order valence-corrected chi connectivity index (χ0v) is 14.6. The topological polar surface area (TPSA) is 29.1 Å². The minimum absolute atomic E-state index is 0.131. The number of hydrogen-bond acceptors (Lipinski definition) is 2. The van der Waals surface area contributed by atoms with Crippen LogP contribution < -0.4 is 5.32 Å². The SMILES string of the molecule is O=C(/C=C/c1ccccc1)Nc1ccc(SCc2ccccc2)cc1. The van der Waals surface area contributed by atoms with Crippen LogP contribution in [0.4, 0.5) is 5.69 Å². The molecule has 25 heavy (non-hydrogen) atoms. The molecule has 3 heteroatoms. The third-order valence-electron chi connectivity index (χ3n) is 3.60. The second kappa shape index (κ2) is 8.90. The Morgan fingerprint density at radius 1 is 0.840 bits per heavy atom. The van der Waals surface area contributed by atoms with Crippen LogP contribution in [0.1, 0.15) is 11.1 Å². The van der Waals surface area contributed by atoms with Gasteiger partial charge < -0.3 is 5.32 Å². The Bertz CT molecular complexity index is 827. The van der Waals surface area contributed by atoms with Crippen molar-refractivity contribution in [2.24, 2.45) is 0 Å². The lowest BCUT2D eigenvalue weighted by molar-refractivity contribution is -0.111. The lowest BCUT2D eigenvalue weighted by Crippen LogP contribution is -2.07. The lowest BCUT2D eigenvalue weighted by atomic mass is 10.2. The van der Waals surface area contributed by atoms with E-state index in [0.717, 1.165) is 17.0 Å². The van der Waals surface area contributed by atoms with Gasteiger partial charge in [-0.3, -0.25) is 4.79 Å². The summed E-state index contributed by atoms with van der Waals surface area (Å²) >= 11 is 1.78. The van der Waals surface area contributed by atoms with E-state index < -0.39 is 0 Å². The number of thioether (sulfide) groups is 1. The maximum Gasteiger partial charge on any atom is 0.248 e. The molecule has 2 nitrogen and oxygen atoms in total. The van der Waals surface area contributed by atoms with E-state index in [0.29, 0.717) is 0 Å². The van der Waals surface area contributed by atoms with E-state index in [2.05, 4.69) is 29.6 Å². The number of hydrogen-bond donors (Lipinski definition) is 1. The maximum absolute atomic E-state index is 12.0. The quantitative estimate of drug-likeness (QED) is 0.463. The zero-order valence-electron chi connectivity index (χ0n) is 13.8.